The van der Waals surface area contributed by atoms with Crippen molar-refractivity contribution in [2.24, 2.45) is 5.84 Å². The molecule has 2 aromatic rings. The van der Waals surface area contributed by atoms with Crippen molar-refractivity contribution in [3.8, 4) is 0 Å². The normalized spacial score (nSPS) is 12.3. The van der Waals surface area contributed by atoms with Crippen LogP contribution >= 0.6 is 15.9 Å². The van der Waals surface area contributed by atoms with Crippen molar-refractivity contribution < 1.29 is 0 Å². The van der Waals surface area contributed by atoms with E-state index >= 15 is 0 Å². The van der Waals surface area contributed by atoms with Crippen LogP contribution in [0.25, 0.3) is 0 Å². The second-order valence-electron chi connectivity index (χ2n) is 5.20. The molecule has 1 aromatic heterocycles. The van der Waals surface area contributed by atoms with E-state index in [0.29, 0.717) is 5.82 Å². The van der Waals surface area contributed by atoms with Crippen LogP contribution in [0.1, 0.15) is 43.9 Å². The molecule has 0 aliphatic rings. The minimum atomic E-state index is 0.135. The zero-order chi connectivity index (χ0) is 15.4. The molecule has 112 valence electrons. The van der Waals surface area contributed by atoms with Gasteiger partial charge in [0.05, 0.1) is 0 Å². The molecule has 6 heteroatoms. The first kappa shape index (κ1) is 15.7. The third-order valence-electron chi connectivity index (χ3n) is 3.32. The van der Waals surface area contributed by atoms with E-state index < -0.39 is 0 Å². The predicted molar refractivity (Wildman–Crippen MR) is 90.1 cm³/mol. The van der Waals surface area contributed by atoms with E-state index in [1.807, 2.05) is 12.1 Å². The van der Waals surface area contributed by atoms with Crippen molar-refractivity contribution in [3.63, 3.8) is 0 Å². The molecular weight excluding hydrogens is 330 g/mol. The molecule has 0 spiro atoms. The Bertz CT molecular complexity index is 598. The molecule has 0 aliphatic carbocycles. The summed E-state index contributed by atoms with van der Waals surface area (Å²) in [5.41, 5.74) is 4.82. The number of nitrogens with one attached hydrogen (secondary N) is 2. The number of nitrogens with zero attached hydrogens (tertiary/aromatic N) is 2. The number of nitrogens with two attached hydrogens (primary N) is 1. The lowest BCUT2D eigenvalue weighted by molar-refractivity contribution is 0.819. The summed E-state index contributed by atoms with van der Waals surface area (Å²) in [5, 5.41) is 3.44. The Morgan fingerprint density at radius 3 is 2.24 bits per heavy atom. The molecule has 2 rings (SSSR count). The smallest absolute Gasteiger partial charge is 0.148 e. The summed E-state index contributed by atoms with van der Waals surface area (Å²) in [6, 6.07) is 8.37. The molecule has 1 aromatic carbocycles. The van der Waals surface area contributed by atoms with Crippen LogP contribution in [0.4, 0.5) is 11.6 Å². The Morgan fingerprint density at radius 1 is 1.05 bits per heavy atom. The molecule has 0 fully saturated rings. The van der Waals surface area contributed by atoms with Gasteiger partial charge in [-0.25, -0.2) is 15.8 Å². The minimum absolute atomic E-state index is 0.135. The van der Waals surface area contributed by atoms with Crippen LogP contribution in [0, 0.1) is 0 Å². The topological polar surface area (TPSA) is 75.9 Å². The highest BCUT2D eigenvalue weighted by molar-refractivity contribution is 9.10. The van der Waals surface area contributed by atoms with Gasteiger partial charge in [0, 0.05) is 16.1 Å². The van der Waals surface area contributed by atoms with Crippen molar-refractivity contribution in [2.75, 3.05) is 10.7 Å². The van der Waals surface area contributed by atoms with Crippen LogP contribution in [0.5, 0.6) is 0 Å². The van der Waals surface area contributed by atoms with E-state index in [2.05, 4.69) is 69.5 Å². The van der Waals surface area contributed by atoms with Gasteiger partial charge in [-0.1, -0.05) is 41.9 Å². The van der Waals surface area contributed by atoms with Crippen molar-refractivity contribution in [3.05, 3.63) is 46.2 Å². The van der Waals surface area contributed by atoms with Crippen molar-refractivity contribution in [1.29, 1.82) is 0 Å². The molecule has 0 saturated carbocycles. The summed E-state index contributed by atoms with van der Waals surface area (Å²) >= 11 is 3.45. The van der Waals surface area contributed by atoms with Crippen molar-refractivity contribution >= 4 is 27.6 Å². The molecule has 4 N–H and O–H groups in total. The second kappa shape index (κ2) is 6.87. The van der Waals surface area contributed by atoms with Gasteiger partial charge in [-0.05, 0) is 30.5 Å². The van der Waals surface area contributed by atoms with Crippen LogP contribution < -0.4 is 16.6 Å². The fourth-order valence-electron chi connectivity index (χ4n) is 2.21. The molecule has 5 nitrogen and oxygen atoms in total. The molecule has 1 atom stereocenters. The number of rotatable bonds is 5. The number of hydrogen-bond donors (Lipinski definition) is 3. The maximum absolute atomic E-state index is 5.54. The monoisotopic (exact) mass is 349 g/mol. The maximum atomic E-state index is 5.54. The van der Waals surface area contributed by atoms with Gasteiger partial charge in [-0.2, -0.15) is 0 Å². The van der Waals surface area contributed by atoms with Crippen LogP contribution in [0.2, 0.25) is 0 Å². The molecule has 1 heterocycles. The Morgan fingerprint density at radius 2 is 1.67 bits per heavy atom. The summed E-state index contributed by atoms with van der Waals surface area (Å²) in [4.78, 5) is 8.54. The maximum Gasteiger partial charge on any atom is 0.148 e. The SMILES string of the molecule is CC(C)c1c(NN)ncnc1NC(C)c1ccc(Br)cc1. The lowest BCUT2D eigenvalue weighted by Crippen LogP contribution is -2.16. The molecule has 0 aliphatic heterocycles. The number of hydrogen-bond acceptors (Lipinski definition) is 5. The first-order chi connectivity index (χ1) is 10.0. The fourth-order valence-corrected chi connectivity index (χ4v) is 2.48. The van der Waals surface area contributed by atoms with Gasteiger partial charge in [0.1, 0.15) is 18.0 Å². The van der Waals surface area contributed by atoms with Crippen LogP contribution in [0.3, 0.4) is 0 Å². The van der Waals surface area contributed by atoms with Gasteiger partial charge >= 0.3 is 0 Å². The molecule has 0 radical (unpaired) electrons. The largest absolute Gasteiger partial charge is 0.363 e. The third kappa shape index (κ3) is 3.71. The van der Waals surface area contributed by atoms with Gasteiger partial charge < -0.3 is 10.7 Å². The summed E-state index contributed by atoms with van der Waals surface area (Å²) in [6.07, 6.45) is 1.51. The average Bonchev–Trinajstić information content (AvgIpc) is 2.47. The van der Waals surface area contributed by atoms with Gasteiger partial charge in [0.2, 0.25) is 0 Å². The molecule has 1 unspecified atom stereocenters. The zero-order valence-electron chi connectivity index (χ0n) is 12.4. The number of aromatic nitrogens is 2. The van der Waals surface area contributed by atoms with Gasteiger partial charge in [0.15, 0.2) is 0 Å². The third-order valence-corrected chi connectivity index (χ3v) is 3.85. The summed E-state index contributed by atoms with van der Waals surface area (Å²) in [6.45, 7) is 6.29. The summed E-state index contributed by atoms with van der Waals surface area (Å²) in [7, 11) is 0. The highest BCUT2D eigenvalue weighted by atomic mass is 79.9. The number of benzene rings is 1. The number of nitrogen functional groups attached to an aromatic ring is 1. The van der Waals surface area contributed by atoms with Gasteiger partial charge in [0.25, 0.3) is 0 Å². The summed E-state index contributed by atoms with van der Waals surface area (Å²) < 4.78 is 1.07. The predicted octanol–water partition coefficient (Wildman–Crippen LogP) is 3.82. The highest BCUT2D eigenvalue weighted by Gasteiger charge is 2.16. The number of halogens is 1. The van der Waals surface area contributed by atoms with E-state index in [1.165, 1.54) is 11.9 Å². The fraction of sp³-hybridized carbons (Fsp3) is 0.333. The lowest BCUT2D eigenvalue weighted by Gasteiger charge is -2.20. The zero-order valence-corrected chi connectivity index (χ0v) is 14.0. The first-order valence-corrected chi connectivity index (χ1v) is 7.65. The first-order valence-electron chi connectivity index (χ1n) is 6.86. The molecule has 0 bridgehead atoms. The van der Waals surface area contributed by atoms with Crippen LogP contribution in [0.15, 0.2) is 35.1 Å². The van der Waals surface area contributed by atoms with E-state index in [4.69, 9.17) is 5.84 Å². The Hall–Kier alpha value is -1.66. The average molecular weight is 350 g/mol. The minimum Gasteiger partial charge on any atom is -0.363 e. The van der Waals surface area contributed by atoms with Crippen LogP contribution in [-0.2, 0) is 0 Å². The van der Waals surface area contributed by atoms with Crippen molar-refractivity contribution in [2.45, 2.75) is 32.7 Å². The van der Waals surface area contributed by atoms with E-state index in [0.717, 1.165) is 15.9 Å². The van der Waals surface area contributed by atoms with Gasteiger partial charge in [-0.15, -0.1) is 0 Å². The molecule has 21 heavy (non-hydrogen) atoms. The van der Waals surface area contributed by atoms with Crippen molar-refractivity contribution in [1.82, 2.24) is 9.97 Å². The second-order valence-corrected chi connectivity index (χ2v) is 6.12. The Kier molecular flexibility index (Phi) is 5.14. The Labute approximate surface area is 133 Å². The summed E-state index contributed by atoms with van der Waals surface area (Å²) in [5.74, 6) is 7.27. The standard InChI is InChI=1S/C15H20BrN5/c1-9(2)13-14(18-8-19-15(13)21-17)20-10(3)11-4-6-12(16)7-5-11/h4-10H,17H2,1-3H3,(H2,18,19,20,21). The molecular formula is C15H20BrN5. The van der Waals surface area contributed by atoms with Gasteiger partial charge in [-0.3, -0.25) is 0 Å². The Balaban J connectivity index is 2.28. The van der Waals surface area contributed by atoms with E-state index in [-0.39, 0.29) is 12.0 Å². The number of hydrazine groups is 1. The molecule has 0 saturated heterocycles. The van der Waals surface area contributed by atoms with E-state index in [9.17, 15) is 0 Å². The van der Waals surface area contributed by atoms with Crippen LogP contribution in [-0.4, -0.2) is 9.97 Å². The highest BCUT2D eigenvalue weighted by Crippen LogP contribution is 2.30. The lowest BCUT2D eigenvalue weighted by atomic mass is 10.0. The van der Waals surface area contributed by atoms with E-state index in [1.54, 1.807) is 0 Å². The quantitative estimate of drug-likeness (QED) is 0.565. The number of anilines is 2. The molecule has 0 amide bonds.